The molecule has 1 aliphatic carbocycles. The van der Waals surface area contributed by atoms with Crippen molar-refractivity contribution in [3.05, 3.63) is 89.7 Å². The molecule has 1 fully saturated rings. The second-order valence-corrected chi connectivity index (χ2v) is 7.91. The smallest absolute Gasteiger partial charge is 0.330 e. The molecule has 0 spiro atoms. The predicted octanol–water partition coefficient (Wildman–Crippen LogP) is 5.65. The molecule has 1 aromatic heterocycles. The normalized spacial score (nSPS) is 21.2. The van der Waals surface area contributed by atoms with E-state index >= 15 is 0 Å². The van der Waals surface area contributed by atoms with E-state index in [2.05, 4.69) is 4.98 Å². The molecule has 5 nitrogen and oxygen atoms in total. The van der Waals surface area contributed by atoms with Gasteiger partial charge in [0.05, 0.1) is 12.3 Å². The number of benzene rings is 2. The molecule has 0 radical (unpaired) electrons. The number of halogens is 4. The highest BCUT2D eigenvalue weighted by molar-refractivity contribution is 5.86. The Labute approximate surface area is 193 Å². The maximum Gasteiger partial charge on any atom is 0.330 e. The number of carboxylic acid groups (broad SMARTS) is 1. The third kappa shape index (κ3) is 3.65. The number of aliphatic carboxylic acids is 1. The van der Waals surface area contributed by atoms with Gasteiger partial charge in [-0.3, -0.25) is 9.78 Å². The largest absolute Gasteiger partial charge is 0.494 e. The van der Waals surface area contributed by atoms with Crippen molar-refractivity contribution in [2.75, 3.05) is 6.61 Å². The molecule has 0 saturated heterocycles. The van der Waals surface area contributed by atoms with E-state index in [0.29, 0.717) is 5.75 Å². The van der Waals surface area contributed by atoms with Crippen LogP contribution in [-0.2, 0) is 10.2 Å². The van der Waals surface area contributed by atoms with Crippen molar-refractivity contribution >= 4 is 5.97 Å². The van der Waals surface area contributed by atoms with Crippen molar-refractivity contribution in [1.82, 2.24) is 4.98 Å². The van der Waals surface area contributed by atoms with Crippen LogP contribution in [0, 0.1) is 0 Å². The third-order valence-electron chi connectivity index (χ3n) is 5.88. The van der Waals surface area contributed by atoms with E-state index in [9.17, 15) is 27.5 Å². The Morgan fingerprint density at radius 2 is 1.74 bits per heavy atom. The fourth-order valence-corrected chi connectivity index (χ4v) is 4.20. The minimum Gasteiger partial charge on any atom is -0.494 e. The van der Waals surface area contributed by atoms with E-state index in [4.69, 9.17) is 9.47 Å². The summed E-state index contributed by atoms with van der Waals surface area (Å²) in [6.45, 7) is 1.95. The van der Waals surface area contributed by atoms with Gasteiger partial charge in [-0.1, -0.05) is 30.3 Å². The van der Waals surface area contributed by atoms with Crippen molar-refractivity contribution in [1.29, 1.82) is 0 Å². The summed E-state index contributed by atoms with van der Waals surface area (Å²) in [6, 6.07) is 17.0. The molecule has 2 aromatic carbocycles. The first-order chi connectivity index (χ1) is 16.1. The molecule has 0 amide bonds. The van der Waals surface area contributed by atoms with Crippen molar-refractivity contribution in [2.45, 2.75) is 36.7 Å². The first-order valence-electron chi connectivity index (χ1n) is 10.5. The number of pyridine rings is 1. The summed E-state index contributed by atoms with van der Waals surface area (Å²) in [6.07, 6.45) is -1.27. The molecule has 178 valence electrons. The molecule has 2 atom stereocenters. The highest BCUT2D eigenvalue weighted by Crippen LogP contribution is 2.65. The quantitative estimate of drug-likeness (QED) is 0.427. The Bertz CT molecular complexity index is 1170. The number of hydrogen-bond donors (Lipinski definition) is 1. The van der Waals surface area contributed by atoms with E-state index < -0.39 is 41.3 Å². The van der Waals surface area contributed by atoms with Crippen molar-refractivity contribution in [3.63, 3.8) is 0 Å². The Balaban J connectivity index is 1.96. The Hall–Kier alpha value is -3.62. The first-order valence-corrected chi connectivity index (χ1v) is 10.5. The Morgan fingerprint density at radius 3 is 2.29 bits per heavy atom. The summed E-state index contributed by atoms with van der Waals surface area (Å²) < 4.78 is 69.3. The molecule has 34 heavy (non-hydrogen) atoms. The molecule has 0 bridgehead atoms. The van der Waals surface area contributed by atoms with Crippen molar-refractivity contribution in [3.8, 4) is 11.5 Å². The van der Waals surface area contributed by atoms with E-state index in [1.807, 2.05) is 0 Å². The summed E-state index contributed by atoms with van der Waals surface area (Å²) >= 11 is 0. The number of alkyl halides is 4. The van der Waals surface area contributed by atoms with Gasteiger partial charge in [0.15, 0.2) is 11.5 Å². The summed E-state index contributed by atoms with van der Waals surface area (Å²) in [5.74, 6) is -10.7. The first kappa shape index (κ1) is 23.5. The predicted molar refractivity (Wildman–Crippen MR) is 115 cm³/mol. The van der Waals surface area contributed by atoms with Crippen LogP contribution in [0.25, 0.3) is 0 Å². The summed E-state index contributed by atoms with van der Waals surface area (Å²) in [5, 5.41) is 9.84. The molecule has 1 aliphatic rings. The zero-order valence-corrected chi connectivity index (χ0v) is 18.1. The summed E-state index contributed by atoms with van der Waals surface area (Å²) in [5.41, 5.74) is -3.41. The molecule has 3 aromatic rings. The lowest BCUT2D eigenvalue weighted by molar-refractivity contribution is -0.322. The van der Waals surface area contributed by atoms with Gasteiger partial charge in [0.1, 0.15) is 11.5 Å². The summed E-state index contributed by atoms with van der Waals surface area (Å²) in [4.78, 5) is 16.4. The molecule has 1 heterocycles. The number of carboxylic acids is 1. The van der Waals surface area contributed by atoms with Gasteiger partial charge in [-0.05, 0) is 48.9 Å². The molecule has 2 unspecified atom stereocenters. The van der Waals surface area contributed by atoms with Gasteiger partial charge in [0.25, 0.3) is 0 Å². The van der Waals surface area contributed by atoms with Gasteiger partial charge in [-0.25, -0.2) is 0 Å². The van der Waals surface area contributed by atoms with E-state index in [0.717, 1.165) is 6.07 Å². The zero-order valence-electron chi connectivity index (χ0n) is 18.1. The fraction of sp³-hybridized carbons (Fsp3) is 0.280. The molecule has 4 rings (SSSR count). The second-order valence-electron chi connectivity index (χ2n) is 7.91. The average Bonchev–Trinajstić information content (AvgIpc) is 2.82. The zero-order chi connectivity index (χ0) is 24.6. The van der Waals surface area contributed by atoms with Crippen LogP contribution in [0.5, 0.6) is 11.5 Å². The van der Waals surface area contributed by atoms with Gasteiger partial charge in [0, 0.05) is 18.2 Å². The van der Waals surface area contributed by atoms with Gasteiger partial charge in [-0.2, -0.15) is 17.6 Å². The van der Waals surface area contributed by atoms with Crippen LogP contribution in [0.2, 0.25) is 0 Å². The summed E-state index contributed by atoms with van der Waals surface area (Å²) in [7, 11) is 0. The number of carbonyl (C=O) groups is 1. The molecule has 1 N–H and O–H groups in total. The van der Waals surface area contributed by atoms with Gasteiger partial charge >= 0.3 is 17.8 Å². The van der Waals surface area contributed by atoms with Crippen LogP contribution in [0.4, 0.5) is 17.6 Å². The van der Waals surface area contributed by atoms with Crippen LogP contribution < -0.4 is 9.47 Å². The van der Waals surface area contributed by atoms with Gasteiger partial charge in [-0.15, -0.1) is 0 Å². The standard InChI is InChI=1S/C25H21F4NO4/c1-2-33-17-11-12-19(23(22(31)32)15-24(26,27)25(23,28)29)18(14-17)21(20-10-6-7-13-30-20)34-16-8-4-3-5-9-16/h3-14,21H,2,15H2,1H3,(H,31,32). The Morgan fingerprint density at radius 1 is 1.03 bits per heavy atom. The highest BCUT2D eigenvalue weighted by atomic mass is 19.3. The van der Waals surface area contributed by atoms with E-state index in [1.54, 1.807) is 55.5 Å². The molecule has 0 aliphatic heterocycles. The molecular formula is C25H21F4NO4. The van der Waals surface area contributed by atoms with E-state index in [-0.39, 0.29) is 23.6 Å². The lowest BCUT2D eigenvalue weighted by atomic mass is 9.57. The topological polar surface area (TPSA) is 68.7 Å². The minimum absolute atomic E-state index is 0.0499. The SMILES string of the molecule is CCOc1ccc(C2(C(=O)O)CC(F)(F)C2(F)F)c(C(Oc2ccccc2)c2ccccn2)c1. The number of nitrogens with zero attached hydrogens (tertiary/aromatic N) is 1. The lowest BCUT2D eigenvalue weighted by Gasteiger charge is -2.52. The molecule has 9 heteroatoms. The number of para-hydroxylation sites is 1. The number of hydrogen-bond acceptors (Lipinski definition) is 4. The van der Waals surface area contributed by atoms with Crippen LogP contribution in [0.15, 0.2) is 72.9 Å². The van der Waals surface area contributed by atoms with Crippen LogP contribution in [0.1, 0.15) is 36.3 Å². The maximum absolute atomic E-state index is 14.9. The Kier molecular flexibility index (Phi) is 5.97. The average molecular weight is 475 g/mol. The van der Waals surface area contributed by atoms with Gasteiger partial charge < -0.3 is 14.6 Å². The third-order valence-corrected chi connectivity index (χ3v) is 5.88. The van der Waals surface area contributed by atoms with Crippen LogP contribution in [0.3, 0.4) is 0 Å². The molecular weight excluding hydrogens is 454 g/mol. The number of ether oxygens (including phenoxy) is 2. The maximum atomic E-state index is 14.9. The highest BCUT2D eigenvalue weighted by Gasteiger charge is 2.84. The second kappa shape index (κ2) is 8.62. The minimum atomic E-state index is -4.82. The van der Waals surface area contributed by atoms with Crippen molar-refractivity contribution in [2.24, 2.45) is 0 Å². The number of aromatic nitrogens is 1. The van der Waals surface area contributed by atoms with Crippen LogP contribution in [-0.4, -0.2) is 34.5 Å². The monoisotopic (exact) mass is 475 g/mol. The van der Waals surface area contributed by atoms with Crippen molar-refractivity contribution < 1.29 is 36.9 Å². The van der Waals surface area contributed by atoms with Gasteiger partial charge in [0.2, 0.25) is 0 Å². The lowest BCUT2D eigenvalue weighted by Crippen LogP contribution is -2.72. The molecule has 1 saturated carbocycles. The number of rotatable bonds is 8. The van der Waals surface area contributed by atoms with Crippen LogP contribution >= 0.6 is 0 Å². The fourth-order valence-electron chi connectivity index (χ4n) is 4.20. The van der Waals surface area contributed by atoms with E-state index in [1.165, 1.54) is 18.3 Å².